The first-order valence-corrected chi connectivity index (χ1v) is 7.67. The van der Waals surface area contributed by atoms with E-state index in [2.05, 4.69) is 35.9 Å². The van der Waals surface area contributed by atoms with Gasteiger partial charge in [-0.3, -0.25) is 4.72 Å². The summed E-state index contributed by atoms with van der Waals surface area (Å²) in [6.07, 6.45) is 2.33. The summed E-state index contributed by atoms with van der Waals surface area (Å²) in [7, 11) is -2.24. The second kappa shape index (κ2) is 5.71. The zero-order chi connectivity index (χ0) is 14.8. The Kier molecular flexibility index (Phi) is 4.19. The summed E-state index contributed by atoms with van der Waals surface area (Å²) in [4.78, 5) is 7.52. The molecule has 9 heteroatoms. The molecule has 2 aromatic rings. The van der Waals surface area contributed by atoms with Crippen molar-refractivity contribution in [1.82, 2.24) is 9.97 Å². The van der Waals surface area contributed by atoms with Crippen molar-refractivity contribution in [2.45, 2.75) is 4.90 Å². The van der Waals surface area contributed by atoms with Gasteiger partial charge in [-0.2, -0.15) is 0 Å². The molecule has 6 nitrogen and oxygen atoms in total. The van der Waals surface area contributed by atoms with Gasteiger partial charge < -0.3 is 5.32 Å². The molecule has 106 valence electrons. The molecule has 0 saturated carbocycles. The van der Waals surface area contributed by atoms with Gasteiger partial charge in [-0.05, 0) is 34.1 Å². The van der Waals surface area contributed by atoms with Crippen molar-refractivity contribution in [1.29, 1.82) is 0 Å². The zero-order valence-corrected chi connectivity index (χ0v) is 12.7. The predicted octanol–water partition coefficient (Wildman–Crippen LogP) is 2.22. The molecule has 0 amide bonds. The molecular formula is C11H10BrFN4O2S. The molecule has 0 aliphatic carbocycles. The van der Waals surface area contributed by atoms with E-state index in [-0.39, 0.29) is 15.1 Å². The van der Waals surface area contributed by atoms with E-state index < -0.39 is 15.8 Å². The van der Waals surface area contributed by atoms with Crippen molar-refractivity contribution in [3.05, 3.63) is 40.9 Å². The fraction of sp³-hybridized carbons (Fsp3) is 0.0909. The predicted molar refractivity (Wildman–Crippen MR) is 76.5 cm³/mol. The van der Waals surface area contributed by atoms with Crippen molar-refractivity contribution in [2.75, 3.05) is 17.1 Å². The van der Waals surface area contributed by atoms with Crippen molar-refractivity contribution in [3.63, 3.8) is 0 Å². The average molecular weight is 361 g/mol. The molecule has 20 heavy (non-hydrogen) atoms. The minimum atomic E-state index is -3.85. The van der Waals surface area contributed by atoms with Crippen LogP contribution in [0, 0.1) is 5.82 Å². The van der Waals surface area contributed by atoms with E-state index in [1.165, 1.54) is 12.1 Å². The molecule has 0 saturated heterocycles. The maximum Gasteiger partial charge on any atom is 0.264 e. The molecule has 0 bridgehead atoms. The van der Waals surface area contributed by atoms with Gasteiger partial charge in [0.2, 0.25) is 5.95 Å². The van der Waals surface area contributed by atoms with Gasteiger partial charge in [0.15, 0.2) is 0 Å². The number of halogens is 2. The second-order valence-electron chi connectivity index (χ2n) is 3.73. The number of aromatic nitrogens is 2. The summed E-state index contributed by atoms with van der Waals surface area (Å²) in [5.41, 5.74) is 0.114. The van der Waals surface area contributed by atoms with E-state index in [9.17, 15) is 12.8 Å². The van der Waals surface area contributed by atoms with Crippen molar-refractivity contribution in [2.24, 2.45) is 0 Å². The molecule has 0 aliphatic heterocycles. The number of anilines is 2. The molecule has 1 aromatic carbocycles. The summed E-state index contributed by atoms with van der Waals surface area (Å²) >= 11 is 2.99. The normalized spacial score (nSPS) is 11.2. The van der Waals surface area contributed by atoms with Gasteiger partial charge in [0.05, 0.1) is 22.6 Å². The zero-order valence-electron chi connectivity index (χ0n) is 10.3. The van der Waals surface area contributed by atoms with Crippen LogP contribution in [-0.4, -0.2) is 25.4 Å². The van der Waals surface area contributed by atoms with Crippen LogP contribution in [-0.2, 0) is 10.0 Å². The molecule has 1 aromatic heterocycles. The smallest absolute Gasteiger partial charge is 0.264 e. The Bertz CT molecular complexity index is 722. The topological polar surface area (TPSA) is 84.0 Å². The van der Waals surface area contributed by atoms with Crippen LogP contribution in [0.1, 0.15) is 0 Å². The van der Waals surface area contributed by atoms with Gasteiger partial charge >= 0.3 is 0 Å². The Morgan fingerprint density at radius 1 is 1.25 bits per heavy atom. The fourth-order valence-electron chi connectivity index (χ4n) is 1.36. The first-order valence-electron chi connectivity index (χ1n) is 5.40. The van der Waals surface area contributed by atoms with Crippen LogP contribution in [0.4, 0.5) is 16.0 Å². The highest BCUT2D eigenvalue weighted by atomic mass is 79.9. The Labute approximate surface area is 123 Å². The lowest BCUT2D eigenvalue weighted by molar-refractivity contribution is 0.600. The Balaban J connectivity index is 2.27. The number of hydrogen-bond donors (Lipinski definition) is 2. The quantitative estimate of drug-likeness (QED) is 0.873. The van der Waals surface area contributed by atoms with Crippen molar-refractivity contribution in [3.8, 4) is 0 Å². The maximum absolute atomic E-state index is 13.3. The van der Waals surface area contributed by atoms with Crippen LogP contribution in [0.25, 0.3) is 0 Å². The summed E-state index contributed by atoms with van der Waals surface area (Å²) in [5, 5.41) is 2.68. The molecule has 2 rings (SSSR count). The summed E-state index contributed by atoms with van der Waals surface area (Å²) < 4.78 is 39.9. The van der Waals surface area contributed by atoms with E-state index in [0.717, 1.165) is 18.5 Å². The Hall–Kier alpha value is -1.74. The number of nitrogens with one attached hydrogen (secondary N) is 2. The maximum atomic E-state index is 13.3. The monoisotopic (exact) mass is 360 g/mol. The van der Waals surface area contributed by atoms with Gasteiger partial charge in [-0.15, -0.1) is 0 Å². The lowest BCUT2D eigenvalue weighted by Crippen LogP contribution is -2.14. The molecule has 1 heterocycles. The number of sulfonamides is 1. The first-order chi connectivity index (χ1) is 9.42. The third-order valence-corrected chi connectivity index (χ3v) is 4.31. The fourth-order valence-corrected chi connectivity index (χ4v) is 2.54. The minimum absolute atomic E-state index is 0.111. The number of nitrogens with zero attached hydrogens (tertiary/aromatic N) is 2. The highest BCUT2D eigenvalue weighted by Crippen LogP contribution is 2.21. The number of benzene rings is 1. The Morgan fingerprint density at radius 2 is 1.90 bits per heavy atom. The van der Waals surface area contributed by atoms with Crippen molar-refractivity contribution < 1.29 is 12.8 Å². The molecule has 2 N–H and O–H groups in total. The van der Waals surface area contributed by atoms with Crippen molar-refractivity contribution >= 4 is 37.6 Å². The molecule has 0 atom stereocenters. The van der Waals surface area contributed by atoms with Gasteiger partial charge in [0, 0.05) is 7.05 Å². The average Bonchev–Trinajstić information content (AvgIpc) is 2.43. The van der Waals surface area contributed by atoms with E-state index in [4.69, 9.17) is 0 Å². The standard InChI is InChI=1S/C11H10BrFN4O2S/c1-14-11-15-5-8(6-16-11)20(18,19)17-7-2-3-9(12)10(13)4-7/h2-6,17H,1H3,(H,14,15,16). The number of hydrogen-bond acceptors (Lipinski definition) is 5. The lowest BCUT2D eigenvalue weighted by Gasteiger charge is -2.08. The molecular weight excluding hydrogens is 351 g/mol. The van der Waals surface area contributed by atoms with Gasteiger partial charge in [0.25, 0.3) is 10.0 Å². The summed E-state index contributed by atoms with van der Waals surface area (Å²) in [6.45, 7) is 0. The van der Waals surface area contributed by atoms with Gasteiger partial charge in [0.1, 0.15) is 10.7 Å². The molecule has 0 fully saturated rings. The minimum Gasteiger partial charge on any atom is -0.357 e. The van der Waals surface area contributed by atoms with Gasteiger partial charge in [-0.1, -0.05) is 0 Å². The van der Waals surface area contributed by atoms with E-state index in [1.54, 1.807) is 7.05 Å². The van der Waals surface area contributed by atoms with E-state index in [0.29, 0.717) is 5.95 Å². The number of rotatable bonds is 4. The second-order valence-corrected chi connectivity index (χ2v) is 6.26. The molecule has 0 spiro atoms. The van der Waals surface area contributed by atoms with E-state index in [1.807, 2.05) is 0 Å². The lowest BCUT2D eigenvalue weighted by atomic mass is 10.3. The molecule has 0 radical (unpaired) electrons. The third kappa shape index (κ3) is 3.23. The van der Waals surface area contributed by atoms with Crippen LogP contribution in [0.3, 0.4) is 0 Å². The summed E-state index contributed by atoms with van der Waals surface area (Å²) in [6, 6.07) is 3.92. The highest BCUT2D eigenvalue weighted by Gasteiger charge is 2.16. The third-order valence-electron chi connectivity index (χ3n) is 2.33. The Morgan fingerprint density at radius 3 is 2.45 bits per heavy atom. The van der Waals surface area contributed by atoms with Crippen LogP contribution >= 0.6 is 15.9 Å². The van der Waals surface area contributed by atoms with Crippen LogP contribution in [0.5, 0.6) is 0 Å². The largest absolute Gasteiger partial charge is 0.357 e. The van der Waals surface area contributed by atoms with Crippen LogP contribution in [0.2, 0.25) is 0 Å². The SMILES string of the molecule is CNc1ncc(S(=O)(=O)Nc2ccc(Br)c(F)c2)cn1. The summed E-state index contributed by atoms with van der Waals surface area (Å²) in [5.74, 6) is -0.259. The first kappa shape index (κ1) is 14.7. The van der Waals surface area contributed by atoms with E-state index >= 15 is 0 Å². The van der Waals surface area contributed by atoms with Crippen LogP contribution < -0.4 is 10.0 Å². The molecule has 0 aliphatic rings. The highest BCUT2D eigenvalue weighted by molar-refractivity contribution is 9.10. The van der Waals surface area contributed by atoms with Crippen LogP contribution in [0.15, 0.2) is 40.0 Å². The molecule has 0 unspecified atom stereocenters. The van der Waals surface area contributed by atoms with Gasteiger partial charge in [-0.25, -0.2) is 22.8 Å².